The van der Waals surface area contributed by atoms with E-state index in [4.69, 9.17) is 15.2 Å². The summed E-state index contributed by atoms with van der Waals surface area (Å²) in [6, 6.07) is 9.38. The van der Waals surface area contributed by atoms with Gasteiger partial charge in [0.15, 0.2) is 5.82 Å². The van der Waals surface area contributed by atoms with Gasteiger partial charge in [0.25, 0.3) is 6.01 Å². The van der Waals surface area contributed by atoms with Gasteiger partial charge in [-0.05, 0) is 24.1 Å². The van der Waals surface area contributed by atoms with Crippen molar-refractivity contribution in [1.29, 1.82) is 0 Å². The summed E-state index contributed by atoms with van der Waals surface area (Å²) >= 11 is 0. The fourth-order valence-electron chi connectivity index (χ4n) is 2.82. The van der Waals surface area contributed by atoms with Crippen molar-refractivity contribution >= 4 is 16.9 Å². The second kappa shape index (κ2) is 6.35. The first-order chi connectivity index (χ1) is 12.2. The average Bonchev–Trinajstić information content (AvgIpc) is 2.90. The first-order valence-electron chi connectivity index (χ1n) is 8.06. The highest BCUT2D eigenvalue weighted by molar-refractivity contribution is 5.87. The fraction of sp³-hybridized carbons (Fsp3) is 0.222. The van der Waals surface area contributed by atoms with E-state index in [1.54, 1.807) is 10.6 Å². The maximum absolute atomic E-state index is 10.3. The normalized spacial score (nSPS) is 15.8. The minimum atomic E-state index is -0.113. The van der Waals surface area contributed by atoms with Crippen LogP contribution >= 0.6 is 0 Å². The van der Waals surface area contributed by atoms with E-state index < -0.39 is 0 Å². The fourth-order valence-corrected chi connectivity index (χ4v) is 2.82. The molecule has 0 unspecified atom stereocenters. The van der Waals surface area contributed by atoms with Gasteiger partial charge in [-0.1, -0.05) is 24.3 Å². The molecule has 1 aliphatic heterocycles. The SMILES string of the molecule is Nc1nc2cc3c1nc(O)n3Cc1cccc(c1)OC/C=C/CCO2. The Kier molecular flexibility index (Phi) is 3.89. The minimum absolute atomic E-state index is 0.113. The van der Waals surface area contributed by atoms with Gasteiger partial charge in [-0.15, -0.1) is 0 Å². The van der Waals surface area contributed by atoms with Crippen molar-refractivity contribution in [2.45, 2.75) is 13.0 Å². The highest BCUT2D eigenvalue weighted by atomic mass is 16.5. The summed E-state index contributed by atoms with van der Waals surface area (Å²) in [6.45, 7) is 1.39. The second-order valence-electron chi connectivity index (χ2n) is 5.78. The molecule has 7 heteroatoms. The van der Waals surface area contributed by atoms with Gasteiger partial charge in [0, 0.05) is 6.07 Å². The third-order valence-electron chi connectivity index (χ3n) is 4.01. The molecule has 0 spiro atoms. The molecule has 3 N–H and O–H groups in total. The van der Waals surface area contributed by atoms with Crippen molar-refractivity contribution in [1.82, 2.24) is 14.5 Å². The Hall–Kier alpha value is -3.22. The number of imidazole rings is 1. The number of anilines is 1. The van der Waals surface area contributed by atoms with Crippen molar-refractivity contribution in [3.8, 4) is 17.6 Å². The van der Waals surface area contributed by atoms with Crippen LogP contribution in [0, 0.1) is 0 Å². The number of ether oxygens (including phenoxy) is 2. The Morgan fingerprint density at radius 1 is 1.12 bits per heavy atom. The molecule has 2 aromatic heterocycles. The van der Waals surface area contributed by atoms with Crippen LogP contribution in [-0.2, 0) is 6.54 Å². The lowest BCUT2D eigenvalue weighted by Gasteiger charge is -2.09. The number of nitrogen functional groups attached to an aromatic ring is 1. The van der Waals surface area contributed by atoms with E-state index in [2.05, 4.69) is 9.97 Å². The molecule has 0 aliphatic carbocycles. The monoisotopic (exact) mass is 338 g/mol. The smallest absolute Gasteiger partial charge is 0.295 e. The molecule has 128 valence electrons. The predicted octanol–water partition coefficient (Wildman–Crippen LogP) is 2.48. The third kappa shape index (κ3) is 3.08. The Balaban J connectivity index is 1.83. The number of nitrogens with zero attached hydrogens (tertiary/aromatic N) is 3. The van der Waals surface area contributed by atoms with Crippen LogP contribution in [0.3, 0.4) is 0 Å². The number of aromatic nitrogens is 3. The van der Waals surface area contributed by atoms with Crippen molar-refractivity contribution in [3.63, 3.8) is 0 Å². The van der Waals surface area contributed by atoms with Gasteiger partial charge >= 0.3 is 0 Å². The number of aromatic hydroxyl groups is 1. The van der Waals surface area contributed by atoms with Crippen LogP contribution in [0.2, 0.25) is 0 Å². The summed E-state index contributed by atoms with van der Waals surface area (Å²) in [5, 5.41) is 10.3. The molecule has 3 heterocycles. The number of hydrogen-bond acceptors (Lipinski definition) is 6. The quantitative estimate of drug-likeness (QED) is 0.612. The summed E-state index contributed by atoms with van der Waals surface area (Å²) in [7, 11) is 0. The van der Waals surface area contributed by atoms with Crippen LogP contribution < -0.4 is 15.2 Å². The lowest BCUT2D eigenvalue weighted by Crippen LogP contribution is -2.03. The molecule has 0 atom stereocenters. The van der Waals surface area contributed by atoms with E-state index in [9.17, 15) is 5.11 Å². The standard InChI is InChI=1S/C18H18N4O3/c19-17-16-14-10-15(20-17)25-8-3-1-2-7-24-13-6-4-5-12(9-13)11-22(14)18(23)21-16/h1-2,4-6,9-10H,3,7-8,11H2,(H2,19,20)(H,21,23)/b2-1+. The average molecular weight is 338 g/mol. The van der Waals surface area contributed by atoms with Gasteiger partial charge < -0.3 is 20.3 Å². The molecule has 1 aromatic carbocycles. The number of nitrogens with two attached hydrogens (primary N) is 1. The molecule has 0 saturated heterocycles. The number of hydrogen-bond donors (Lipinski definition) is 2. The molecule has 0 fully saturated rings. The van der Waals surface area contributed by atoms with E-state index >= 15 is 0 Å². The van der Waals surface area contributed by atoms with E-state index in [1.165, 1.54) is 0 Å². The summed E-state index contributed by atoms with van der Waals surface area (Å²) in [4.78, 5) is 8.34. The zero-order chi connectivity index (χ0) is 17.2. The molecule has 1 aliphatic rings. The number of rotatable bonds is 0. The van der Waals surface area contributed by atoms with E-state index in [-0.39, 0.29) is 11.8 Å². The highest BCUT2D eigenvalue weighted by Gasteiger charge is 2.16. The highest BCUT2D eigenvalue weighted by Crippen LogP contribution is 2.29. The Bertz CT molecular complexity index is 949. The number of pyridine rings is 1. The molecule has 4 bridgehead atoms. The van der Waals surface area contributed by atoms with E-state index in [1.807, 2.05) is 36.4 Å². The minimum Gasteiger partial charge on any atom is -0.490 e. The predicted molar refractivity (Wildman–Crippen MR) is 93.9 cm³/mol. The lowest BCUT2D eigenvalue weighted by molar-refractivity contribution is 0.312. The van der Waals surface area contributed by atoms with Crippen molar-refractivity contribution in [3.05, 3.63) is 48.0 Å². The molecular formula is C18H18N4O3. The van der Waals surface area contributed by atoms with Gasteiger partial charge in [0.2, 0.25) is 5.88 Å². The largest absolute Gasteiger partial charge is 0.490 e. The third-order valence-corrected chi connectivity index (χ3v) is 4.01. The van der Waals surface area contributed by atoms with Crippen molar-refractivity contribution in [2.75, 3.05) is 18.9 Å². The zero-order valence-electron chi connectivity index (χ0n) is 13.6. The Morgan fingerprint density at radius 2 is 2.04 bits per heavy atom. The van der Waals surface area contributed by atoms with Gasteiger partial charge in [-0.2, -0.15) is 9.97 Å². The maximum atomic E-state index is 10.3. The van der Waals surface area contributed by atoms with Gasteiger partial charge in [-0.3, -0.25) is 4.57 Å². The van der Waals surface area contributed by atoms with Gasteiger partial charge in [0.05, 0.1) is 18.7 Å². The maximum Gasteiger partial charge on any atom is 0.295 e. The van der Waals surface area contributed by atoms with Crippen LogP contribution in [-0.4, -0.2) is 32.9 Å². The van der Waals surface area contributed by atoms with Crippen LogP contribution in [0.5, 0.6) is 17.6 Å². The van der Waals surface area contributed by atoms with Gasteiger partial charge in [0.1, 0.15) is 17.9 Å². The molecule has 0 radical (unpaired) electrons. The van der Waals surface area contributed by atoms with E-state index in [0.717, 1.165) is 17.7 Å². The van der Waals surface area contributed by atoms with Gasteiger partial charge in [-0.25, -0.2) is 0 Å². The molecule has 4 rings (SSSR count). The summed E-state index contributed by atoms with van der Waals surface area (Å²) in [5.41, 5.74) is 8.10. The summed E-state index contributed by atoms with van der Waals surface area (Å²) < 4.78 is 13.1. The lowest BCUT2D eigenvalue weighted by atomic mass is 10.2. The van der Waals surface area contributed by atoms with Crippen molar-refractivity contribution in [2.24, 2.45) is 0 Å². The van der Waals surface area contributed by atoms with Crippen LogP contribution in [0.4, 0.5) is 5.82 Å². The van der Waals surface area contributed by atoms with Crippen molar-refractivity contribution < 1.29 is 14.6 Å². The summed E-state index contributed by atoms with van der Waals surface area (Å²) in [6.07, 6.45) is 4.69. The number of benzene rings is 1. The molecule has 0 amide bonds. The molecule has 0 saturated carbocycles. The summed E-state index contributed by atoms with van der Waals surface area (Å²) in [5.74, 6) is 1.43. The van der Waals surface area contributed by atoms with Crippen LogP contribution in [0.1, 0.15) is 12.0 Å². The zero-order valence-corrected chi connectivity index (χ0v) is 13.6. The Labute approximate surface area is 144 Å². The molecule has 25 heavy (non-hydrogen) atoms. The topological polar surface area (TPSA) is 95.4 Å². The molecule has 3 aromatic rings. The molecule has 7 nitrogen and oxygen atoms in total. The second-order valence-corrected chi connectivity index (χ2v) is 5.78. The van der Waals surface area contributed by atoms with Crippen LogP contribution in [0.25, 0.3) is 11.0 Å². The first-order valence-corrected chi connectivity index (χ1v) is 8.06. The molecular weight excluding hydrogens is 320 g/mol. The van der Waals surface area contributed by atoms with E-state index in [0.29, 0.717) is 36.7 Å². The van der Waals surface area contributed by atoms with Crippen LogP contribution in [0.15, 0.2) is 42.5 Å². The Morgan fingerprint density at radius 3 is 2.96 bits per heavy atom. The first kappa shape index (κ1) is 15.3. The number of fused-ring (bicyclic) bond motifs is 3.